The average molecular weight is 247 g/mol. The van der Waals surface area contributed by atoms with Crippen LogP contribution in [0.25, 0.3) is 0 Å². The zero-order chi connectivity index (χ0) is 12.3. The molecule has 4 heteroatoms. The van der Waals surface area contributed by atoms with Gasteiger partial charge >= 0.3 is 0 Å². The zero-order valence-electron chi connectivity index (χ0n) is 9.38. The van der Waals surface area contributed by atoms with Crippen LogP contribution in [0, 0.1) is 0 Å². The van der Waals surface area contributed by atoms with E-state index in [-0.39, 0.29) is 5.91 Å². The molecule has 0 aliphatic rings. The van der Waals surface area contributed by atoms with Crippen molar-refractivity contribution in [1.82, 2.24) is 0 Å². The number of hydrogen-bond donors (Lipinski definition) is 2. The molecule has 0 radical (unpaired) electrons. The van der Waals surface area contributed by atoms with Crippen LogP contribution in [0.2, 0.25) is 0 Å². The van der Waals surface area contributed by atoms with E-state index in [4.69, 9.17) is 0 Å². The first-order valence-corrected chi connectivity index (χ1v) is 6.17. The Kier molecular flexibility index (Phi) is 3.56. The quantitative estimate of drug-likeness (QED) is 0.875. The molecule has 0 unspecified atom stereocenters. The normalized spacial score (nSPS) is 12.1. The average Bonchev–Trinajstić information content (AvgIpc) is 2.82. The van der Waals surface area contributed by atoms with Gasteiger partial charge < -0.3 is 10.4 Å². The van der Waals surface area contributed by atoms with Crippen molar-refractivity contribution in [2.24, 2.45) is 0 Å². The van der Waals surface area contributed by atoms with Gasteiger partial charge in [-0.3, -0.25) is 4.79 Å². The Morgan fingerprint density at radius 2 is 2.18 bits per heavy atom. The Labute approximate surface area is 104 Å². The van der Waals surface area contributed by atoms with Crippen LogP contribution in [0.4, 0.5) is 5.69 Å². The Morgan fingerprint density at radius 3 is 2.82 bits per heavy atom. The van der Waals surface area contributed by atoms with E-state index in [9.17, 15) is 9.90 Å². The third-order valence-electron chi connectivity index (χ3n) is 2.37. The maximum atomic E-state index is 11.8. The number of anilines is 1. The lowest BCUT2D eigenvalue weighted by Crippen LogP contribution is -2.10. The molecule has 1 aromatic carbocycles. The van der Waals surface area contributed by atoms with Gasteiger partial charge in [0, 0.05) is 5.69 Å². The summed E-state index contributed by atoms with van der Waals surface area (Å²) in [5, 5.41) is 14.1. The number of thiophene rings is 1. The summed E-state index contributed by atoms with van der Waals surface area (Å²) in [4.78, 5) is 12.5. The zero-order valence-corrected chi connectivity index (χ0v) is 10.2. The second-order valence-electron chi connectivity index (χ2n) is 3.73. The minimum atomic E-state index is -0.534. The molecular weight excluding hydrogens is 234 g/mol. The SMILES string of the molecule is C[C@H](O)c1cccc(NC(=O)c2cccs2)c1. The van der Waals surface area contributed by atoms with Crippen molar-refractivity contribution in [3.8, 4) is 0 Å². The largest absolute Gasteiger partial charge is 0.389 e. The van der Waals surface area contributed by atoms with Crippen molar-refractivity contribution in [2.75, 3.05) is 5.32 Å². The molecule has 2 rings (SSSR count). The van der Waals surface area contributed by atoms with Crippen molar-refractivity contribution < 1.29 is 9.90 Å². The van der Waals surface area contributed by atoms with Crippen molar-refractivity contribution in [3.05, 3.63) is 52.2 Å². The molecule has 1 heterocycles. The van der Waals surface area contributed by atoms with Gasteiger partial charge in [0.25, 0.3) is 5.91 Å². The Morgan fingerprint density at radius 1 is 1.35 bits per heavy atom. The van der Waals surface area contributed by atoms with Crippen molar-refractivity contribution in [3.63, 3.8) is 0 Å². The maximum absolute atomic E-state index is 11.8. The van der Waals surface area contributed by atoms with Crippen molar-refractivity contribution in [1.29, 1.82) is 0 Å². The first-order valence-electron chi connectivity index (χ1n) is 5.29. The van der Waals surface area contributed by atoms with Gasteiger partial charge in [-0.05, 0) is 36.1 Å². The Hall–Kier alpha value is -1.65. The number of aliphatic hydroxyl groups excluding tert-OH is 1. The van der Waals surface area contributed by atoms with Crippen LogP contribution >= 0.6 is 11.3 Å². The van der Waals surface area contributed by atoms with Crippen LogP contribution in [-0.4, -0.2) is 11.0 Å². The van der Waals surface area contributed by atoms with Gasteiger partial charge in [-0.1, -0.05) is 18.2 Å². The van der Waals surface area contributed by atoms with Crippen LogP contribution in [-0.2, 0) is 0 Å². The van der Waals surface area contributed by atoms with Gasteiger partial charge in [-0.25, -0.2) is 0 Å². The third-order valence-corrected chi connectivity index (χ3v) is 3.24. The number of aliphatic hydroxyl groups is 1. The third kappa shape index (κ3) is 2.93. The molecule has 0 aliphatic carbocycles. The molecule has 2 aromatic rings. The Balaban J connectivity index is 2.14. The van der Waals surface area contributed by atoms with E-state index in [0.717, 1.165) is 5.56 Å². The number of carbonyl (C=O) groups excluding carboxylic acids is 1. The maximum Gasteiger partial charge on any atom is 0.265 e. The van der Waals surface area contributed by atoms with E-state index in [1.807, 2.05) is 23.6 Å². The van der Waals surface area contributed by atoms with Gasteiger partial charge in [-0.15, -0.1) is 11.3 Å². The van der Waals surface area contributed by atoms with Crippen LogP contribution < -0.4 is 5.32 Å². The summed E-state index contributed by atoms with van der Waals surface area (Å²) in [6.07, 6.45) is -0.534. The molecule has 1 aromatic heterocycles. The highest BCUT2D eigenvalue weighted by atomic mass is 32.1. The summed E-state index contributed by atoms with van der Waals surface area (Å²) in [5.41, 5.74) is 1.48. The molecule has 1 amide bonds. The minimum absolute atomic E-state index is 0.122. The van der Waals surface area contributed by atoms with E-state index in [2.05, 4.69) is 5.32 Å². The molecule has 0 spiro atoms. The number of hydrogen-bond acceptors (Lipinski definition) is 3. The summed E-state index contributed by atoms with van der Waals surface area (Å²) in [5.74, 6) is -0.122. The predicted molar refractivity (Wildman–Crippen MR) is 69.3 cm³/mol. The molecule has 0 bridgehead atoms. The van der Waals surface area contributed by atoms with Gasteiger partial charge in [-0.2, -0.15) is 0 Å². The standard InChI is InChI=1S/C13H13NO2S/c1-9(15)10-4-2-5-11(8-10)14-13(16)12-6-3-7-17-12/h2-9,15H,1H3,(H,14,16)/t9-/m0/s1. The second-order valence-corrected chi connectivity index (χ2v) is 4.68. The molecular formula is C13H13NO2S. The number of benzene rings is 1. The lowest BCUT2D eigenvalue weighted by Gasteiger charge is -2.08. The van der Waals surface area contributed by atoms with E-state index < -0.39 is 6.10 Å². The fourth-order valence-electron chi connectivity index (χ4n) is 1.48. The van der Waals surface area contributed by atoms with Crippen molar-refractivity contribution in [2.45, 2.75) is 13.0 Å². The summed E-state index contributed by atoms with van der Waals surface area (Å²) in [7, 11) is 0. The van der Waals surface area contributed by atoms with Gasteiger partial charge in [0.15, 0.2) is 0 Å². The van der Waals surface area contributed by atoms with Gasteiger partial charge in [0.2, 0.25) is 0 Å². The van der Waals surface area contributed by atoms with E-state index in [1.54, 1.807) is 25.1 Å². The summed E-state index contributed by atoms with van der Waals surface area (Å²) < 4.78 is 0. The van der Waals surface area contributed by atoms with Crippen LogP contribution in [0.3, 0.4) is 0 Å². The lowest BCUT2D eigenvalue weighted by atomic mass is 10.1. The van der Waals surface area contributed by atoms with E-state index in [0.29, 0.717) is 10.6 Å². The number of carbonyl (C=O) groups is 1. The van der Waals surface area contributed by atoms with Crippen molar-refractivity contribution >= 4 is 22.9 Å². The molecule has 0 saturated carbocycles. The topological polar surface area (TPSA) is 49.3 Å². The fraction of sp³-hybridized carbons (Fsp3) is 0.154. The molecule has 1 atom stereocenters. The highest BCUT2D eigenvalue weighted by Gasteiger charge is 2.07. The first-order chi connectivity index (χ1) is 8.16. The molecule has 0 saturated heterocycles. The summed E-state index contributed by atoms with van der Waals surface area (Å²) in [6, 6.07) is 10.8. The molecule has 17 heavy (non-hydrogen) atoms. The number of amides is 1. The number of rotatable bonds is 3. The summed E-state index contributed by atoms with van der Waals surface area (Å²) >= 11 is 1.40. The van der Waals surface area contributed by atoms with Crippen LogP contribution in [0.15, 0.2) is 41.8 Å². The number of nitrogens with one attached hydrogen (secondary N) is 1. The lowest BCUT2D eigenvalue weighted by molar-refractivity contribution is 0.103. The molecule has 2 N–H and O–H groups in total. The molecule has 88 valence electrons. The monoisotopic (exact) mass is 247 g/mol. The summed E-state index contributed by atoms with van der Waals surface area (Å²) in [6.45, 7) is 1.69. The second kappa shape index (κ2) is 5.12. The van der Waals surface area contributed by atoms with E-state index in [1.165, 1.54) is 11.3 Å². The molecule has 3 nitrogen and oxygen atoms in total. The highest BCUT2D eigenvalue weighted by Crippen LogP contribution is 2.18. The molecule has 0 aliphatic heterocycles. The van der Waals surface area contributed by atoms with Gasteiger partial charge in [0.1, 0.15) is 0 Å². The fourth-order valence-corrected chi connectivity index (χ4v) is 2.10. The van der Waals surface area contributed by atoms with Crippen LogP contribution in [0.1, 0.15) is 28.3 Å². The smallest absolute Gasteiger partial charge is 0.265 e. The van der Waals surface area contributed by atoms with Crippen LogP contribution in [0.5, 0.6) is 0 Å². The minimum Gasteiger partial charge on any atom is -0.389 e. The first kappa shape index (κ1) is 11.8. The molecule has 0 fully saturated rings. The Bertz CT molecular complexity index is 506. The predicted octanol–water partition coefficient (Wildman–Crippen LogP) is 3.05. The van der Waals surface area contributed by atoms with Gasteiger partial charge in [0.05, 0.1) is 11.0 Å². The van der Waals surface area contributed by atoms with E-state index >= 15 is 0 Å². The highest BCUT2D eigenvalue weighted by molar-refractivity contribution is 7.12.